The van der Waals surface area contributed by atoms with Crippen molar-refractivity contribution in [2.45, 2.75) is 12.8 Å². The molecule has 0 aliphatic rings. The molecule has 0 radical (unpaired) electrons. The van der Waals surface area contributed by atoms with Gasteiger partial charge in [-0.05, 0) is 32.0 Å². The van der Waals surface area contributed by atoms with Crippen LogP contribution in [0.15, 0.2) is 41.3 Å². The van der Waals surface area contributed by atoms with Gasteiger partial charge in [0.1, 0.15) is 0 Å². The average Bonchev–Trinajstić information content (AvgIpc) is 2.84. The highest BCUT2D eigenvalue weighted by molar-refractivity contribution is 5.56. The third kappa shape index (κ3) is 2.70. The highest BCUT2D eigenvalue weighted by atomic mass is 16.3. The van der Waals surface area contributed by atoms with Crippen molar-refractivity contribution in [3.05, 3.63) is 42.4 Å². The first-order valence-electron chi connectivity index (χ1n) is 5.52. The van der Waals surface area contributed by atoms with Crippen LogP contribution in [0.5, 0.6) is 0 Å². The molecule has 1 aromatic carbocycles. The van der Waals surface area contributed by atoms with Gasteiger partial charge in [0.05, 0.1) is 6.20 Å². The van der Waals surface area contributed by atoms with Crippen LogP contribution in [0.3, 0.4) is 0 Å². The van der Waals surface area contributed by atoms with Crippen LogP contribution < -0.4 is 5.32 Å². The Bertz CT molecular complexity index is 406. The maximum Gasteiger partial charge on any atom is 0.181 e. The fourth-order valence-electron chi connectivity index (χ4n) is 1.66. The summed E-state index contributed by atoms with van der Waals surface area (Å²) >= 11 is 0. The van der Waals surface area contributed by atoms with Gasteiger partial charge in [-0.2, -0.15) is 0 Å². The van der Waals surface area contributed by atoms with Crippen LogP contribution in [0, 0.1) is 0 Å². The van der Waals surface area contributed by atoms with Crippen LogP contribution >= 0.6 is 0 Å². The van der Waals surface area contributed by atoms with Crippen molar-refractivity contribution in [2.24, 2.45) is 0 Å². The van der Waals surface area contributed by atoms with Crippen LogP contribution in [0.4, 0.5) is 0 Å². The topological polar surface area (TPSA) is 38.1 Å². The number of nitrogens with one attached hydrogen (secondary N) is 1. The Morgan fingerprint density at radius 1 is 1.25 bits per heavy atom. The number of oxazole rings is 1. The molecular weight excluding hydrogens is 200 g/mol. The van der Waals surface area contributed by atoms with Gasteiger partial charge < -0.3 is 9.73 Å². The summed E-state index contributed by atoms with van der Waals surface area (Å²) < 4.78 is 5.24. The largest absolute Gasteiger partial charge is 0.444 e. The molecule has 2 aromatic rings. The van der Waals surface area contributed by atoms with Crippen molar-refractivity contribution < 1.29 is 4.42 Å². The number of aromatic nitrogens is 1. The number of aryl methyl sites for hydroxylation is 1. The molecule has 16 heavy (non-hydrogen) atoms. The Balaban J connectivity index is 2.00. The Labute approximate surface area is 95.5 Å². The van der Waals surface area contributed by atoms with Gasteiger partial charge in [0.15, 0.2) is 12.2 Å². The molecule has 2 rings (SSSR count). The van der Waals surface area contributed by atoms with E-state index in [4.69, 9.17) is 4.42 Å². The summed E-state index contributed by atoms with van der Waals surface area (Å²) in [6.07, 6.45) is 5.46. The Morgan fingerprint density at radius 3 is 2.69 bits per heavy atom. The minimum Gasteiger partial charge on any atom is -0.444 e. The predicted molar refractivity (Wildman–Crippen MR) is 64.2 cm³/mol. The molecule has 0 atom stereocenters. The van der Waals surface area contributed by atoms with Crippen LogP contribution in [-0.2, 0) is 6.42 Å². The van der Waals surface area contributed by atoms with Gasteiger partial charge in [0, 0.05) is 5.56 Å². The van der Waals surface area contributed by atoms with Crippen molar-refractivity contribution in [3.8, 4) is 11.3 Å². The second-order valence-corrected chi connectivity index (χ2v) is 3.77. The van der Waals surface area contributed by atoms with Crippen LogP contribution in [-0.4, -0.2) is 18.6 Å². The van der Waals surface area contributed by atoms with Gasteiger partial charge in [0.2, 0.25) is 0 Å². The van der Waals surface area contributed by atoms with E-state index in [0.717, 1.165) is 30.7 Å². The smallest absolute Gasteiger partial charge is 0.181 e. The molecule has 0 fully saturated rings. The number of rotatable bonds is 5. The first kappa shape index (κ1) is 10.9. The summed E-state index contributed by atoms with van der Waals surface area (Å²) in [4.78, 5) is 3.91. The van der Waals surface area contributed by atoms with Crippen LogP contribution in [0.25, 0.3) is 11.3 Å². The molecule has 1 heterocycles. The molecule has 0 bridgehead atoms. The van der Waals surface area contributed by atoms with Gasteiger partial charge >= 0.3 is 0 Å². The molecule has 1 aromatic heterocycles. The van der Waals surface area contributed by atoms with E-state index in [1.165, 1.54) is 12.0 Å². The van der Waals surface area contributed by atoms with E-state index in [2.05, 4.69) is 34.6 Å². The van der Waals surface area contributed by atoms with E-state index in [9.17, 15) is 0 Å². The van der Waals surface area contributed by atoms with E-state index < -0.39 is 0 Å². The van der Waals surface area contributed by atoms with Crippen molar-refractivity contribution in [2.75, 3.05) is 13.6 Å². The summed E-state index contributed by atoms with van der Waals surface area (Å²) in [5.74, 6) is 0.821. The lowest BCUT2D eigenvalue weighted by molar-refractivity contribution is 0.572. The van der Waals surface area contributed by atoms with E-state index in [1.54, 1.807) is 6.20 Å². The van der Waals surface area contributed by atoms with Gasteiger partial charge in [-0.1, -0.05) is 24.3 Å². The average molecular weight is 216 g/mol. The number of hydrogen-bond acceptors (Lipinski definition) is 3. The summed E-state index contributed by atoms with van der Waals surface area (Å²) in [6.45, 7) is 1.06. The normalized spacial score (nSPS) is 10.6. The zero-order chi connectivity index (χ0) is 11.2. The molecule has 0 unspecified atom stereocenters. The first-order valence-corrected chi connectivity index (χ1v) is 5.52. The number of hydrogen-bond donors (Lipinski definition) is 1. The van der Waals surface area contributed by atoms with E-state index >= 15 is 0 Å². The molecule has 0 aliphatic carbocycles. The molecular formula is C13H16N2O. The molecule has 3 heteroatoms. The van der Waals surface area contributed by atoms with E-state index in [-0.39, 0.29) is 0 Å². The molecule has 3 nitrogen and oxygen atoms in total. The van der Waals surface area contributed by atoms with Gasteiger partial charge in [0.25, 0.3) is 0 Å². The Morgan fingerprint density at radius 2 is 2.06 bits per heavy atom. The van der Waals surface area contributed by atoms with Crippen molar-refractivity contribution in [1.29, 1.82) is 0 Å². The third-order valence-corrected chi connectivity index (χ3v) is 2.56. The summed E-state index contributed by atoms with van der Waals surface area (Å²) in [5, 5.41) is 3.15. The predicted octanol–water partition coefficient (Wildman–Crippen LogP) is 2.49. The van der Waals surface area contributed by atoms with Crippen molar-refractivity contribution in [1.82, 2.24) is 10.3 Å². The van der Waals surface area contributed by atoms with Gasteiger partial charge in [-0.25, -0.2) is 4.98 Å². The molecule has 0 aliphatic heterocycles. The first-order chi connectivity index (χ1) is 7.90. The maximum atomic E-state index is 5.24. The fraction of sp³-hybridized carbons (Fsp3) is 0.308. The number of nitrogens with zero attached hydrogens (tertiary/aromatic N) is 1. The lowest BCUT2D eigenvalue weighted by Gasteiger charge is -2.02. The summed E-state index contributed by atoms with van der Waals surface area (Å²) in [6, 6.07) is 8.45. The van der Waals surface area contributed by atoms with Crippen LogP contribution in [0.1, 0.15) is 12.0 Å². The van der Waals surface area contributed by atoms with Crippen molar-refractivity contribution >= 4 is 0 Å². The van der Waals surface area contributed by atoms with Gasteiger partial charge in [-0.3, -0.25) is 0 Å². The molecule has 0 spiro atoms. The molecule has 0 saturated carbocycles. The molecule has 0 saturated heterocycles. The number of benzene rings is 1. The Hall–Kier alpha value is -1.61. The Kier molecular flexibility index (Phi) is 3.72. The second-order valence-electron chi connectivity index (χ2n) is 3.77. The lowest BCUT2D eigenvalue weighted by Crippen LogP contribution is -2.08. The van der Waals surface area contributed by atoms with E-state index in [0.29, 0.717) is 0 Å². The SMILES string of the molecule is CNCCCc1ccc(-c2cnco2)cc1. The third-order valence-electron chi connectivity index (χ3n) is 2.56. The monoisotopic (exact) mass is 216 g/mol. The fourth-order valence-corrected chi connectivity index (χ4v) is 1.66. The zero-order valence-corrected chi connectivity index (χ0v) is 9.44. The zero-order valence-electron chi connectivity index (χ0n) is 9.44. The van der Waals surface area contributed by atoms with E-state index in [1.807, 2.05) is 7.05 Å². The standard InChI is InChI=1S/C13H16N2O/c1-14-8-2-3-11-4-6-12(7-5-11)13-9-15-10-16-13/h4-7,9-10,14H,2-3,8H2,1H3. The van der Waals surface area contributed by atoms with Crippen LogP contribution in [0.2, 0.25) is 0 Å². The maximum absolute atomic E-state index is 5.24. The quantitative estimate of drug-likeness (QED) is 0.780. The highest BCUT2D eigenvalue weighted by Gasteiger charge is 2.00. The lowest BCUT2D eigenvalue weighted by atomic mass is 10.1. The van der Waals surface area contributed by atoms with Gasteiger partial charge in [-0.15, -0.1) is 0 Å². The highest BCUT2D eigenvalue weighted by Crippen LogP contribution is 2.19. The molecule has 0 amide bonds. The summed E-state index contributed by atoms with van der Waals surface area (Å²) in [5.41, 5.74) is 2.44. The summed E-state index contributed by atoms with van der Waals surface area (Å²) in [7, 11) is 1.98. The molecule has 1 N–H and O–H groups in total. The minimum absolute atomic E-state index is 0.821. The van der Waals surface area contributed by atoms with Crippen molar-refractivity contribution in [3.63, 3.8) is 0 Å². The second kappa shape index (κ2) is 5.47. The minimum atomic E-state index is 0.821. The molecule has 84 valence electrons.